The van der Waals surface area contributed by atoms with Crippen molar-refractivity contribution in [2.24, 2.45) is 10.9 Å². The number of nitrogens with zero attached hydrogens (tertiary/aromatic N) is 2. The van der Waals surface area contributed by atoms with Crippen LogP contribution in [0.2, 0.25) is 0 Å². The number of fused-ring (bicyclic) bond motifs is 6. The molecule has 0 amide bonds. The molecule has 2 aliphatic heterocycles. The second kappa shape index (κ2) is 6.56. The number of hydrogen-bond acceptors (Lipinski definition) is 7. The summed E-state index contributed by atoms with van der Waals surface area (Å²) in [5.41, 5.74) is 0.112. The summed E-state index contributed by atoms with van der Waals surface area (Å²) >= 11 is 1.25. The van der Waals surface area contributed by atoms with Crippen LogP contribution in [0.5, 0.6) is 11.5 Å². The van der Waals surface area contributed by atoms with E-state index in [1.807, 2.05) is 24.3 Å². The van der Waals surface area contributed by atoms with Crippen molar-refractivity contribution in [2.45, 2.75) is 18.7 Å². The summed E-state index contributed by atoms with van der Waals surface area (Å²) < 4.78 is 13.3. The topological polar surface area (TPSA) is 90.1 Å². The Balaban J connectivity index is 1.79. The minimum absolute atomic E-state index is 0.153. The van der Waals surface area contributed by atoms with E-state index in [0.717, 1.165) is 11.1 Å². The number of thiazole rings is 1. The molecule has 152 valence electrons. The van der Waals surface area contributed by atoms with Gasteiger partial charge in [-0.3, -0.25) is 14.2 Å². The molecule has 0 unspecified atom stereocenters. The van der Waals surface area contributed by atoms with Crippen molar-refractivity contribution in [2.75, 3.05) is 7.11 Å². The van der Waals surface area contributed by atoms with E-state index in [4.69, 9.17) is 9.47 Å². The van der Waals surface area contributed by atoms with Crippen LogP contribution in [0, 0.1) is 5.92 Å². The van der Waals surface area contributed by atoms with Crippen LogP contribution in [-0.4, -0.2) is 28.5 Å². The molecule has 3 atom stereocenters. The van der Waals surface area contributed by atoms with Crippen LogP contribution < -0.4 is 19.6 Å². The maximum atomic E-state index is 13.4. The number of para-hydroxylation sites is 1. The standard InChI is InChI=1S/C22H18N2O5S/c1-22-17(20(27)28-2)18(14-5-3-4-6-15(14)29-22)24-19(26)16(30-21(24)23-22)11-12-7-9-13(25)10-8-12/h3-11,17-18,25H,1-2H3/b16-11-/t17-,18+,22+/m0/s1. The molecule has 1 N–H and O–H groups in total. The molecule has 2 aliphatic rings. The zero-order valence-corrected chi connectivity index (χ0v) is 17.1. The van der Waals surface area contributed by atoms with Crippen molar-refractivity contribution in [1.82, 2.24) is 4.57 Å². The van der Waals surface area contributed by atoms with Crippen molar-refractivity contribution >= 4 is 23.4 Å². The number of aromatic nitrogens is 1. The van der Waals surface area contributed by atoms with E-state index in [2.05, 4.69) is 4.99 Å². The lowest BCUT2D eigenvalue weighted by molar-refractivity contribution is -0.158. The lowest BCUT2D eigenvalue weighted by Gasteiger charge is -2.44. The molecule has 3 heterocycles. The number of methoxy groups -OCH3 is 1. The highest BCUT2D eigenvalue weighted by atomic mass is 32.1. The largest absolute Gasteiger partial charge is 0.508 e. The summed E-state index contributed by atoms with van der Waals surface area (Å²) in [5, 5.41) is 9.49. The van der Waals surface area contributed by atoms with Gasteiger partial charge in [0.25, 0.3) is 5.56 Å². The summed E-state index contributed by atoms with van der Waals surface area (Å²) in [6.07, 6.45) is 1.75. The van der Waals surface area contributed by atoms with E-state index in [9.17, 15) is 14.7 Å². The van der Waals surface area contributed by atoms with Gasteiger partial charge in [0.1, 0.15) is 17.4 Å². The number of carbonyl (C=O) groups excluding carboxylic acids is 1. The third-order valence-corrected chi connectivity index (χ3v) is 6.51. The lowest BCUT2D eigenvalue weighted by Crippen LogP contribution is -2.58. The molecule has 30 heavy (non-hydrogen) atoms. The van der Waals surface area contributed by atoms with E-state index in [1.54, 1.807) is 41.8 Å². The summed E-state index contributed by atoms with van der Waals surface area (Å²) in [6.45, 7) is 1.74. The van der Waals surface area contributed by atoms with Crippen LogP contribution >= 0.6 is 11.3 Å². The Labute approximate surface area is 175 Å². The quantitative estimate of drug-likeness (QED) is 0.633. The highest BCUT2D eigenvalue weighted by Gasteiger charge is 2.55. The maximum Gasteiger partial charge on any atom is 0.317 e. The maximum absolute atomic E-state index is 13.4. The molecule has 0 radical (unpaired) electrons. The van der Waals surface area contributed by atoms with Crippen LogP contribution in [0.1, 0.15) is 24.1 Å². The minimum atomic E-state index is -1.18. The molecule has 0 aliphatic carbocycles. The zero-order chi connectivity index (χ0) is 21.0. The van der Waals surface area contributed by atoms with Crippen molar-refractivity contribution < 1.29 is 19.4 Å². The van der Waals surface area contributed by atoms with Gasteiger partial charge in [0.15, 0.2) is 4.80 Å². The number of phenols is 1. The molecule has 3 aromatic rings. The minimum Gasteiger partial charge on any atom is -0.508 e. The molecule has 0 saturated carbocycles. The molecular formula is C22H18N2O5S. The number of ether oxygens (including phenoxy) is 2. The molecule has 5 rings (SSSR count). The predicted octanol–water partition coefficient (Wildman–Crippen LogP) is 1.56. The Morgan fingerprint density at radius 3 is 2.73 bits per heavy atom. The molecule has 0 saturated heterocycles. The fourth-order valence-corrected chi connectivity index (χ4v) is 5.25. The molecule has 0 fully saturated rings. The molecule has 2 bridgehead atoms. The summed E-state index contributed by atoms with van der Waals surface area (Å²) in [6, 6.07) is 13.4. The zero-order valence-electron chi connectivity index (χ0n) is 16.2. The third-order valence-electron chi connectivity index (χ3n) is 5.53. The highest BCUT2D eigenvalue weighted by molar-refractivity contribution is 7.07. The van der Waals surface area contributed by atoms with Crippen molar-refractivity contribution in [3.8, 4) is 11.5 Å². The SMILES string of the molecule is COC(=O)[C@@H]1[C@H]2c3ccccc3O[C@@]1(C)N=c1s/c(=C\c3ccc(O)cc3)c(=O)n12. The first kappa shape index (κ1) is 18.6. The summed E-state index contributed by atoms with van der Waals surface area (Å²) in [7, 11) is 1.32. The number of carbonyl (C=O) groups is 1. The first-order chi connectivity index (χ1) is 14.4. The van der Waals surface area contributed by atoms with Gasteiger partial charge in [0.05, 0.1) is 17.7 Å². The number of benzene rings is 2. The van der Waals surface area contributed by atoms with E-state index in [-0.39, 0.29) is 11.3 Å². The molecule has 1 aromatic heterocycles. The average molecular weight is 422 g/mol. The van der Waals surface area contributed by atoms with E-state index in [0.29, 0.717) is 15.1 Å². The van der Waals surface area contributed by atoms with Gasteiger partial charge < -0.3 is 14.6 Å². The Morgan fingerprint density at radius 2 is 2.00 bits per heavy atom. The van der Waals surface area contributed by atoms with Gasteiger partial charge in [0, 0.05) is 5.56 Å². The number of hydrogen-bond donors (Lipinski definition) is 1. The monoisotopic (exact) mass is 422 g/mol. The number of esters is 1. The number of aromatic hydroxyl groups is 1. The van der Waals surface area contributed by atoms with E-state index in [1.165, 1.54) is 18.4 Å². The van der Waals surface area contributed by atoms with Crippen molar-refractivity contribution in [1.29, 1.82) is 0 Å². The third kappa shape index (κ3) is 2.68. The Hall–Kier alpha value is -3.39. The number of rotatable bonds is 2. The fourth-order valence-electron chi connectivity index (χ4n) is 4.15. The smallest absolute Gasteiger partial charge is 0.317 e. The second-order valence-corrected chi connectivity index (χ2v) is 8.42. The van der Waals surface area contributed by atoms with Crippen molar-refractivity contribution in [3.05, 3.63) is 79.3 Å². The Kier molecular flexibility index (Phi) is 4.08. The van der Waals surface area contributed by atoms with Gasteiger partial charge in [0.2, 0.25) is 5.72 Å². The van der Waals surface area contributed by atoms with Crippen LogP contribution in [0.4, 0.5) is 0 Å². The van der Waals surface area contributed by atoms with Crippen molar-refractivity contribution in [3.63, 3.8) is 0 Å². The van der Waals surface area contributed by atoms with Crippen LogP contribution in [0.25, 0.3) is 6.08 Å². The molecular weight excluding hydrogens is 404 g/mol. The van der Waals surface area contributed by atoms with E-state index < -0.39 is 23.7 Å². The first-order valence-electron chi connectivity index (χ1n) is 9.39. The normalized spacial score (nSPS) is 24.3. The molecule has 0 spiro atoms. The molecule has 8 heteroatoms. The first-order valence-corrected chi connectivity index (χ1v) is 10.2. The Morgan fingerprint density at radius 1 is 1.27 bits per heavy atom. The van der Waals surface area contributed by atoms with Crippen LogP contribution in [0.15, 0.2) is 58.3 Å². The fraction of sp³-hybridized carbons (Fsp3) is 0.227. The predicted molar refractivity (Wildman–Crippen MR) is 110 cm³/mol. The van der Waals surface area contributed by atoms with Gasteiger partial charge in [-0.05, 0) is 36.8 Å². The van der Waals surface area contributed by atoms with Gasteiger partial charge in [-0.2, -0.15) is 0 Å². The van der Waals surface area contributed by atoms with Crippen LogP contribution in [0.3, 0.4) is 0 Å². The lowest BCUT2D eigenvalue weighted by atomic mass is 9.81. The van der Waals surface area contributed by atoms with E-state index >= 15 is 0 Å². The van der Waals surface area contributed by atoms with Gasteiger partial charge in [-0.1, -0.05) is 41.7 Å². The Bertz CT molecular complexity index is 1340. The van der Waals surface area contributed by atoms with Gasteiger partial charge >= 0.3 is 5.97 Å². The number of phenolic OH excluding ortho intramolecular Hbond substituents is 1. The highest BCUT2D eigenvalue weighted by Crippen LogP contribution is 2.47. The van der Waals surface area contributed by atoms with Crippen LogP contribution in [-0.2, 0) is 9.53 Å². The average Bonchev–Trinajstić information content (AvgIpc) is 3.02. The van der Waals surface area contributed by atoms with Gasteiger partial charge in [-0.25, -0.2) is 4.99 Å². The van der Waals surface area contributed by atoms with Gasteiger partial charge in [-0.15, -0.1) is 0 Å². The summed E-state index contributed by atoms with van der Waals surface area (Å²) in [5.74, 6) is -0.519. The second-order valence-electron chi connectivity index (χ2n) is 7.41. The molecule has 7 nitrogen and oxygen atoms in total. The summed E-state index contributed by atoms with van der Waals surface area (Å²) in [4.78, 5) is 31.3. The molecule has 2 aromatic carbocycles.